The largest absolute Gasteiger partial charge is 0.318 e. The molecule has 366 valence electrons. The van der Waals surface area contributed by atoms with E-state index in [1.54, 1.807) is 0 Å². The van der Waals surface area contributed by atoms with Crippen molar-refractivity contribution in [2.75, 3.05) is 4.90 Å². The molecular formula is C72H48N6. The van der Waals surface area contributed by atoms with Crippen molar-refractivity contribution in [1.29, 1.82) is 0 Å². The molecular weight excluding hydrogens is 949 g/mol. The van der Waals surface area contributed by atoms with Gasteiger partial charge in [-0.3, -0.25) is 4.57 Å². The van der Waals surface area contributed by atoms with Crippen molar-refractivity contribution in [1.82, 2.24) is 23.7 Å². The standard InChI is InChI=1S/C72H48N6/c1-3-15-50(16-4-1)75-63-21-9-7-19-53(63)58-39-45(26-33-65(58)75)47-29-36-68-60(41-47)56-32-31-52-55(72(56)78(68)71-24-12-14-38-74-71)30-25-49-43-62-61-42-48(28-35-67(61)77(69(62)44-57(49)52)70-23-11-13-37-73-70)46-27-34-66-59(40-46)54-20-8-10-22-64(54)76(66)51-17-5-2-6-18-51/h1-24,26-29,31-44,61,67H,25,30H2. The van der Waals surface area contributed by atoms with Crippen molar-refractivity contribution in [2.45, 2.75) is 24.8 Å². The average Bonchev–Trinajstić information content (AvgIpc) is 4.41. The molecule has 0 fully saturated rings. The molecule has 0 amide bonds. The molecule has 6 heteroatoms. The Hall–Kier alpha value is -10.0. The van der Waals surface area contributed by atoms with Crippen molar-refractivity contribution < 1.29 is 0 Å². The van der Waals surface area contributed by atoms with Gasteiger partial charge < -0.3 is 14.0 Å². The van der Waals surface area contributed by atoms with Crippen LogP contribution < -0.4 is 4.90 Å². The fourth-order valence-corrected chi connectivity index (χ4v) is 13.8. The van der Waals surface area contributed by atoms with Crippen LogP contribution in [0.25, 0.3) is 110 Å². The molecule has 9 aromatic carbocycles. The number of aryl methyl sites for hydroxylation is 2. The Morgan fingerprint density at radius 3 is 1.59 bits per heavy atom. The van der Waals surface area contributed by atoms with Gasteiger partial charge in [0.25, 0.3) is 0 Å². The van der Waals surface area contributed by atoms with Crippen molar-refractivity contribution >= 4 is 82.5 Å². The van der Waals surface area contributed by atoms with E-state index in [-0.39, 0.29) is 12.0 Å². The van der Waals surface area contributed by atoms with Gasteiger partial charge in [-0.2, -0.15) is 0 Å². The summed E-state index contributed by atoms with van der Waals surface area (Å²) < 4.78 is 7.20. The van der Waals surface area contributed by atoms with Gasteiger partial charge in [0.1, 0.15) is 11.6 Å². The second-order valence-electron chi connectivity index (χ2n) is 21.2. The molecule has 0 saturated carbocycles. The number of anilines is 2. The zero-order valence-electron chi connectivity index (χ0n) is 42.5. The van der Waals surface area contributed by atoms with Gasteiger partial charge in [-0.25, -0.2) is 9.97 Å². The molecule has 6 nitrogen and oxygen atoms in total. The lowest BCUT2D eigenvalue weighted by Gasteiger charge is -2.29. The van der Waals surface area contributed by atoms with Gasteiger partial charge in [0.2, 0.25) is 0 Å². The topological polar surface area (TPSA) is 43.8 Å². The van der Waals surface area contributed by atoms with E-state index in [4.69, 9.17) is 9.97 Å². The van der Waals surface area contributed by atoms with E-state index in [2.05, 4.69) is 249 Å². The van der Waals surface area contributed by atoms with Crippen LogP contribution in [0.5, 0.6) is 0 Å². The quantitative estimate of drug-likeness (QED) is 0.167. The Balaban J connectivity index is 0.802. The minimum Gasteiger partial charge on any atom is -0.318 e. The number of allylic oxidation sites excluding steroid dienone is 2. The van der Waals surface area contributed by atoms with Crippen molar-refractivity contribution in [3.05, 3.63) is 277 Å². The van der Waals surface area contributed by atoms with Crippen LogP contribution in [-0.2, 0) is 12.8 Å². The number of hydrogen-bond acceptors (Lipinski definition) is 3. The summed E-state index contributed by atoms with van der Waals surface area (Å²) in [6, 6.07) is 82.4. The number of fused-ring (bicyclic) bond motifs is 16. The molecule has 2 unspecified atom stereocenters. The smallest absolute Gasteiger partial charge is 0.137 e. The molecule has 0 radical (unpaired) electrons. The van der Waals surface area contributed by atoms with Gasteiger partial charge in [-0.15, -0.1) is 0 Å². The first-order chi connectivity index (χ1) is 38.7. The zero-order chi connectivity index (χ0) is 51.0. The van der Waals surface area contributed by atoms with Gasteiger partial charge in [0, 0.05) is 67.7 Å². The molecule has 0 bridgehead atoms. The molecule has 2 atom stereocenters. The number of para-hydroxylation sites is 4. The summed E-state index contributed by atoms with van der Waals surface area (Å²) >= 11 is 0. The van der Waals surface area contributed by atoms with Crippen LogP contribution in [0.2, 0.25) is 0 Å². The monoisotopic (exact) mass is 996 g/mol. The molecule has 6 heterocycles. The normalized spacial score (nSPS) is 15.6. The van der Waals surface area contributed by atoms with E-state index >= 15 is 0 Å². The van der Waals surface area contributed by atoms with Crippen molar-refractivity contribution in [3.63, 3.8) is 0 Å². The molecule has 17 rings (SSSR count). The van der Waals surface area contributed by atoms with Crippen LogP contribution in [0.4, 0.5) is 11.5 Å². The highest BCUT2D eigenvalue weighted by molar-refractivity contribution is 6.15. The van der Waals surface area contributed by atoms with E-state index in [1.807, 2.05) is 24.5 Å². The minimum absolute atomic E-state index is 0.0808. The Labute approximate surface area is 450 Å². The Morgan fingerprint density at radius 2 is 0.949 bits per heavy atom. The highest BCUT2D eigenvalue weighted by atomic mass is 15.2. The maximum absolute atomic E-state index is 5.02. The molecule has 1 aliphatic heterocycles. The molecule has 0 N–H and O–H groups in total. The molecule has 14 aromatic rings. The zero-order valence-corrected chi connectivity index (χ0v) is 42.5. The third kappa shape index (κ3) is 6.31. The summed E-state index contributed by atoms with van der Waals surface area (Å²) in [7, 11) is 0. The number of aromatic nitrogens is 5. The first-order valence-corrected chi connectivity index (χ1v) is 27.2. The highest BCUT2D eigenvalue weighted by Gasteiger charge is 2.40. The third-order valence-electron chi connectivity index (χ3n) is 17.2. The van der Waals surface area contributed by atoms with Gasteiger partial charge in [0.15, 0.2) is 0 Å². The lowest BCUT2D eigenvalue weighted by molar-refractivity contribution is 0.740. The number of hydrogen-bond donors (Lipinski definition) is 0. The third-order valence-corrected chi connectivity index (χ3v) is 17.2. The Morgan fingerprint density at radius 1 is 0.397 bits per heavy atom. The van der Waals surface area contributed by atoms with Gasteiger partial charge in [0.05, 0.1) is 39.1 Å². The van der Waals surface area contributed by atoms with Gasteiger partial charge >= 0.3 is 0 Å². The summed E-state index contributed by atoms with van der Waals surface area (Å²) in [5, 5.41) is 7.49. The first kappa shape index (κ1) is 43.2. The first-order valence-electron chi connectivity index (χ1n) is 27.2. The highest BCUT2D eigenvalue weighted by Crippen LogP contribution is 2.53. The fourth-order valence-electron chi connectivity index (χ4n) is 13.8. The molecule has 3 aliphatic rings. The lowest BCUT2D eigenvalue weighted by Crippen LogP contribution is -2.29. The van der Waals surface area contributed by atoms with E-state index in [0.717, 1.165) is 35.7 Å². The lowest BCUT2D eigenvalue weighted by atomic mass is 9.80. The van der Waals surface area contributed by atoms with Crippen LogP contribution in [0.1, 0.15) is 28.2 Å². The van der Waals surface area contributed by atoms with Crippen LogP contribution >= 0.6 is 0 Å². The molecule has 5 aromatic heterocycles. The van der Waals surface area contributed by atoms with E-state index < -0.39 is 0 Å². The van der Waals surface area contributed by atoms with Crippen LogP contribution in [0.3, 0.4) is 0 Å². The van der Waals surface area contributed by atoms with E-state index in [9.17, 15) is 0 Å². The molecule has 0 spiro atoms. The summed E-state index contributed by atoms with van der Waals surface area (Å²) in [5.74, 6) is 2.03. The fraction of sp³-hybridized carbons (Fsp3) is 0.0556. The van der Waals surface area contributed by atoms with Gasteiger partial charge in [-0.1, -0.05) is 140 Å². The predicted molar refractivity (Wildman–Crippen MR) is 322 cm³/mol. The summed E-state index contributed by atoms with van der Waals surface area (Å²) in [4.78, 5) is 12.5. The van der Waals surface area contributed by atoms with Crippen molar-refractivity contribution in [2.24, 2.45) is 0 Å². The maximum atomic E-state index is 5.02. The van der Waals surface area contributed by atoms with Crippen LogP contribution in [-0.4, -0.2) is 29.7 Å². The summed E-state index contributed by atoms with van der Waals surface area (Å²) in [6.45, 7) is 0. The average molecular weight is 997 g/mol. The van der Waals surface area contributed by atoms with Gasteiger partial charge in [-0.05, 0) is 166 Å². The maximum Gasteiger partial charge on any atom is 0.137 e. The van der Waals surface area contributed by atoms with E-state index in [0.29, 0.717) is 0 Å². The minimum atomic E-state index is 0.0808. The number of rotatable bonds is 6. The molecule has 78 heavy (non-hydrogen) atoms. The van der Waals surface area contributed by atoms with Crippen molar-refractivity contribution in [3.8, 4) is 39.4 Å². The summed E-state index contributed by atoms with van der Waals surface area (Å²) in [6.07, 6.45) is 13.0. The Bertz CT molecular complexity index is 4850. The predicted octanol–water partition coefficient (Wildman–Crippen LogP) is 17.5. The molecule has 0 saturated heterocycles. The number of nitrogens with zero attached hydrogens (tertiary/aromatic N) is 6. The number of benzene rings is 9. The summed E-state index contributed by atoms with van der Waals surface area (Å²) in [5.41, 5.74) is 22.4. The van der Waals surface area contributed by atoms with E-state index in [1.165, 1.54) is 121 Å². The number of pyridine rings is 2. The molecule has 2 aliphatic carbocycles. The second kappa shape index (κ2) is 16.7. The van der Waals surface area contributed by atoms with Crippen LogP contribution in [0.15, 0.2) is 255 Å². The van der Waals surface area contributed by atoms with Crippen LogP contribution in [0, 0.1) is 0 Å². The SMILES string of the molecule is C1=CC2C(C=C1c1ccc3c(c1)c1ccccc1n3-c1ccccc1)c1cc3c(cc1N2c1ccccn1)-c1ccc2c4cc(-c5ccc6c(c5)c5ccccc5n6-c5ccccc5)ccc4n(-c4ccccn4)c2c1CC3. The second-order valence-corrected chi connectivity index (χ2v) is 21.2. The Kier molecular flexibility index (Phi) is 9.27.